The van der Waals surface area contributed by atoms with Crippen molar-refractivity contribution in [3.05, 3.63) is 54.2 Å². The van der Waals surface area contributed by atoms with E-state index in [1.165, 1.54) is 31.2 Å². The predicted octanol–water partition coefficient (Wildman–Crippen LogP) is -1.49. The van der Waals surface area contributed by atoms with Crippen LogP contribution in [0.25, 0.3) is 10.9 Å². The maximum atomic E-state index is 14.7. The number of hydrogen-bond acceptors (Lipinski definition) is 23. The number of fused-ring (bicyclic) bond motifs is 6. The monoisotopic (exact) mass is 1770 g/mol. The van der Waals surface area contributed by atoms with E-state index in [2.05, 4.69) is 82.0 Å². The maximum Gasteiger partial charge on any atom is 0.317 e. The van der Waals surface area contributed by atoms with Crippen molar-refractivity contribution in [1.29, 1.82) is 0 Å². The number of amides is 12. The number of carbonyl (C=O) groups excluding carboxylic acids is 12. The quantitative estimate of drug-likeness (QED) is 0.0306. The molecule has 39 nitrogen and oxygen atoms in total. The largest absolute Gasteiger partial charge is 0.480 e. The van der Waals surface area contributed by atoms with Gasteiger partial charge in [0, 0.05) is 113 Å². The Morgan fingerprint density at radius 2 is 1.14 bits per heavy atom. The Hall–Kier alpha value is -9.87. The van der Waals surface area contributed by atoms with Gasteiger partial charge in [-0.2, -0.15) is 11.8 Å². The van der Waals surface area contributed by atoms with Crippen molar-refractivity contribution in [3.8, 4) is 0 Å². The van der Waals surface area contributed by atoms with Crippen LogP contribution in [-0.2, 0) is 84.8 Å². The van der Waals surface area contributed by atoms with E-state index in [1.807, 2.05) is 45.2 Å². The van der Waals surface area contributed by atoms with Gasteiger partial charge in [0.15, 0.2) is 0 Å². The van der Waals surface area contributed by atoms with Gasteiger partial charge in [-0.3, -0.25) is 91.5 Å². The molecule has 4 saturated carbocycles. The summed E-state index contributed by atoms with van der Waals surface area (Å²) in [6, 6.07) is -1.92. The minimum Gasteiger partial charge on any atom is -0.480 e. The lowest BCUT2D eigenvalue weighted by molar-refractivity contribution is -0.202. The zero-order valence-electron chi connectivity index (χ0n) is 73.3. The number of nitrogens with two attached hydrogens (primary N) is 2. The Kier molecular flexibility index (Phi) is 37.9. The number of aliphatic hydroxyl groups excluding tert-OH is 2. The number of benzene rings is 1. The molecule has 3 aromatic rings. The van der Waals surface area contributed by atoms with Crippen molar-refractivity contribution in [2.24, 2.45) is 69.6 Å². The van der Waals surface area contributed by atoms with Crippen molar-refractivity contribution in [2.45, 2.75) is 212 Å². The van der Waals surface area contributed by atoms with Crippen LogP contribution in [-0.4, -0.2) is 313 Å². The second kappa shape index (κ2) is 47.1. The highest BCUT2D eigenvalue weighted by atomic mass is 32.2. The van der Waals surface area contributed by atoms with E-state index in [1.54, 1.807) is 45.7 Å². The number of thioether (sulfide) groups is 1. The van der Waals surface area contributed by atoms with Crippen LogP contribution in [0.4, 0.5) is 0 Å². The van der Waals surface area contributed by atoms with Crippen LogP contribution in [0.15, 0.2) is 43.0 Å². The average molecular weight is 1770 g/mol. The molecule has 12 amide bonds. The lowest BCUT2D eigenvalue weighted by Crippen LogP contribution is -2.63. The summed E-state index contributed by atoms with van der Waals surface area (Å²) in [5.74, 6) is -12.3. The predicted molar refractivity (Wildman–Crippen MR) is 461 cm³/mol. The summed E-state index contributed by atoms with van der Waals surface area (Å²) in [6.07, 6.45) is 8.98. The molecule has 5 unspecified atom stereocenters. The maximum absolute atomic E-state index is 14.7. The highest BCUT2D eigenvalue weighted by Gasteiger charge is 2.66. The molecule has 18 atom stereocenters. The number of primary amides is 2. The van der Waals surface area contributed by atoms with Crippen LogP contribution in [0.5, 0.6) is 0 Å². The molecule has 5 fully saturated rings. The second-order valence-corrected chi connectivity index (χ2v) is 37.0. The minimum absolute atomic E-state index is 0.00736. The van der Waals surface area contributed by atoms with E-state index in [4.69, 9.17) is 11.5 Å². The van der Waals surface area contributed by atoms with Crippen LogP contribution in [0.1, 0.15) is 150 Å². The highest BCUT2D eigenvalue weighted by Crippen LogP contribution is 2.68. The van der Waals surface area contributed by atoms with Crippen molar-refractivity contribution < 1.29 is 97.5 Å². The van der Waals surface area contributed by atoms with Gasteiger partial charge in [0.1, 0.15) is 42.3 Å². The molecular weight excluding hydrogens is 1640 g/mol. The fourth-order valence-electron chi connectivity index (χ4n) is 19.5. The molecule has 125 heavy (non-hydrogen) atoms. The number of para-hydroxylation sites is 1. The van der Waals surface area contributed by atoms with E-state index < -0.39 is 161 Å². The molecule has 0 radical (unpaired) electrons. The molecule has 0 bridgehead atoms. The molecular formula is C85H133N19O20S. The van der Waals surface area contributed by atoms with Gasteiger partial charge in [-0.05, 0) is 159 Å². The summed E-state index contributed by atoms with van der Waals surface area (Å²) in [7, 11) is 0. The van der Waals surface area contributed by atoms with Gasteiger partial charge in [-0.1, -0.05) is 66.7 Å². The summed E-state index contributed by atoms with van der Waals surface area (Å²) in [6.45, 7) is 14.3. The van der Waals surface area contributed by atoms with Crippen molar-refractivity contribution in [2.75, 3.05) is 104 Å². The lowest BCUT2D eigenvalue weighted by Gasteiger charge is -2.63. The Morgan fingerprint density at radius 3 is 1.72 bits per heavy atom. The van der Waals surface area contributed by atoms with Gasteiger partial charge < -0.3 is 100 Å². The Morgan fingerprint density at radius 1 is 0.568 bits per heavy atom. The highest BCUT2D eigenvalue weighted by molar-refractivity contribution is 7.98. The number of aliphatic hydroxyl groups is 2. The topological polar surface area (TPSA) is 587 Å². The molecule has 2 aromatic heterocycles. The van der Waals surface area contributed by atoms with Gasteiger partial charge >= 0.3 is 17.9 Å². The van der Waals surface area contributed by atoms with Crippen molar-refractivity contribution in [3.63, 3.8) is 0 Å². The summed E-state index contributed by atoms with van der Waals surface area (Å²) in [5.41, 5.74) is 12.1. The molecule has 5 aliphatic rings. The molecule has 21 N–H and O–H groups in total. The summed E-state index contributed by atoms with van der Waals surface area (Å²) >= 11 is 1.46. The minimum atomic E-state index is -1.42. The number of nitrogens with one attached hydrogen (secondary N) is 12. The second-order valence-electron chi connectivity index (χ2n) is 36.0. The average Bonchev–Trinajstić information content (AvgIpc) is 1.60. The number of rotatable bonds is 44. The van der Waals surface area contributed by atoms with E-state index in [-0.39, 0.29) is 183 Å². The first kappa shape index (κ1) is 101. The molecule has 1 aliphatic heterocycles. The lowest BCUT2D eigenvalue weighted by atomic mass is 9.43. The van der Waals surface area contributed by atoms with Crippen LogP contribution < -0.4 is 64.6 Å². The third-order valence-corrected chi connectivity index (χ3v) is 26.9. The molecule has 1 saturated heterocycles. The Bertz CT molecular complexity index is 4200. The smallest absolute Gasteiger partial charge is 0.317 e. The molecule has 8 rings (SSSR count). The van der Waals surface area contributed by atoms with Crippen LogP contribution in [0.3, 0.4) is 0 Å². The number of aromatic amines is 2. The molecule has 0 spiro atoms. The van der Waals surface area contributed by atoms with Gasteiger partial charge in [0.05, 0.1) is 57.8 Å². The molecule has 3 heterocycles. The summed E-state index contributed by atoms with van der Waals surface area (Å²) in [4.78, 5) is 217. The van der Waals surface area contributed by atoms with Crippen molar-refractivity contribution in [1.82, 2.24) is 87.7 Å². The number of carbonyl (C=O) groups is 15. The fraction of sp³-hybridized carbons (Fsp3) is 0.694. The molecule has 40 heteroatoms. The SMILES string of the molecule is CSCC[C@H](NC(=O)[C@H](CC(C)C)NC(=O)[C@H](Cc1cnc[nH]1)NC(=O)CNC(=O)[C@@H](NC(=O)[C@H](C)NC(=O)[C@H](Cc1c[nH]c2ccccc12)NC(=O)[C@H](CCC(N)=O)NC(=O)CCC(C)[C@H]1CCC2C3C(C[C@H](O)[C@@]21C)[C@@]1(C)CC[C@H](NC(=O)CNC(=O)CN2CCN(CC(=O)O)CCN(CC(=O)O)CCN(CC(=O)O)CC2)CC1C[C@H]3O)C(C)C)C(N)=O. The van der Waals surface area contributed by atoms with Gasteiger partial charge in [0.2, 0.25) is 70.9 Å². The van der Waals surface area contributed by atoms with Crippen LogP contribution in [0, 0.1) is 58.2 Å². The standard InChI is InChI=1S/C85H133N19O20S/c1-47(2)32-62(81(122)97-60(77(87)118)21-31-125-9)98-82(123)64(36-54-39-88-46-92-54)96-70(110)41-91-83(124)76(48(3)4)100-78(119)50(6)93-80(121)63(33-51-38-89-59-13-11-10-12-55(51)59)99-79(120)61(17-18-67(86)107)95-68(108)19-14-49(5)56-15-16-57-75-58(37-66(106)85(56,57)8)84(7)22-20-53(34-52(84)35-65(75)105)94-69(109)40-90-71(111)42-101-23-25-102(43-72(112)113)27-29-104(45-74(116)117)30-28-103(26-24-101)44-73(114)115/h10-13,38-39,46-50,52-53,56-58,60-66,75-76,89,105-106H,14-37,40-45H2,1-9H3,(H2,86,107)(H2,87,118)(H,88,92)(H,90,111)(H,91,124)(H,93,121)(H,94,109)(H,95,108)(H,96,110)(H,97,122)(H,98,123)(H,99,120)(H,100,119)(H,112,113)(H,114,115)(H,116,117)/t49?,50-,52?,53-,56+,57?,58?,60-,61-,62-,63-,64-,65+,66-,75?,76-,84-,85+/m0/s1. The van der Waals surface area contributed by atoms with Crippen molar-refractivity contribution >= 4 is 111 Å². The first-order valence-corrected chi connectivity index (χ1v) is 45.0. The van der Waals surface area contributed by atoms with Crippen LogP contribution in [0.2, 0.25) is 0 Å². The number of aromatic nitrogens is 3. The normalized spacial score (nSPS) is 24.6. The van der Waals surface area contributed by atoms with E-state index >= 15 is 0 Å². The van der Waals surface area contributed by atoms with E-state index in [9.17, 15) is 97.5 Å². The third kappa shape index (κ3) is 29.1. The van der Waals surface area contributed by atoms with E-state index in [0.717, 1.165) is 23.7 Å². The number of H-pyrrole nitrogens is 2. The molecule has 4 aliphatic carbocycles. The van der Waals surface area contributed by atoms with Gasteiger partial charge in [-0.15, -0.1) is 0 Å². The number of aliphatic carboxylic acids is 3. The number of nitrogens with zero attached hydrogens (tertiary/aromatic N) is 5. The molecule has 1 aromatic carbocycles. The number of carboxylic acids is 3. The summed E-state index contributed by atoms with van der Waals surface area (Å²) in [5, 5.41) is 81.6. The fourth-order valence-corrected chi connectivity index (χ4v) is 20.0. The first-order valence-electron chi connectivity index (χ1n) is 43.6. The third-order valence-electron chi connectivity index (χ3n) is 26.3. The Balaban J connectivity index is 0.844. The van der Waals surface area contributed by atoms with Gasteiger partial charge in [-0.25, -0.2) is 4.98 Å². The Labute approximate surface area is 733 Å². The molecule has 694 valence electrons. The summed E-state index contributed by atoms with van der Waals surface area (Å²) < 4.78 is 0. The number of imidazole rings is 1. The van der Waals surface area contributed by atoms with Gasteiger partial charge in [0.25, 0.3) is 0 Å². The zero-order chi connectivity index (χ0) is 91.7. The number of carboxylic acid groups (broad SMARTS) is 3. The van der Waals surface area contributed by atoms with Crippen LogP contribution >= 0.6 is 11.8 Å². The zero-order valence-corrected chi connectivity index (χ0v) is 74.1. The first-order chi connectivity index (χ1) is 59.1. The number of hydrogen-bond donors (Lipinski definition) is 19. The van der Waals surface area contributed by atoms with E-state index in [0.29, 0.717) is 55.5 Å².